The van der Waals surface area contributed by atoms with E-state index >= 15 is 0 Å². The summed E-state index contributed by atoms with van der Waals surface area (Å²) in [6.45, 7) is 12.1. The van der Waals surface area contributed by atoms with Crippen molar-refractivity contribution in [3.63, 3.8) is 0 Å². The van der Waals surface area contributed by atoms with Crippen LogP contribution in [0.25, 0.3) is 0 Å². The molecule has 0 bridgehead atoms. The smallest absolute Gasteiger partial charge is 0.199 e. The zero-order valence-electron chi connectivity index (χ0n) is 11.7. The summed E-state index contributed by atoms with van der Waals surface area (Å²) < 4.78 is 5.53. The number of methoxy groups -OCH3 is 1. The van der Waals surface area contributed by atoms with E-state index < -0.39 is 5.60 Å². The van der Waals surface area contributed by atoms with Gasteiger partial charge in [-0.2, -0.15) is 0 Å². The topological polar surface area (TPSA) is 26.3 Å². The largest absolute Gasteiger partial charge is 0.361 e. The van der Waals surface area contributed by atoms with E-state index in [0.29, 0.717) is 0 Å². The molecular weight excluding hydrogens is 212 g/mol. The van der Waals surface area contributed by atoms with Gasteiger partial charge in [0.2, 0.25) is 0 Å². The average molecular weight is 236 g/mol. The van der Waals surface area contributed by atoms with Crippen LogP contribution in [-0.2, 0) is 9.53 Å². The van der Waals surface area contributed by atoms with Crippen molar-refractivity contribution < 1.29 is 9.53 Å². The zero-order valence-corrected chi connectivity index (χ0v) is 11.7. The number of hydrogen-bond acceptors (Lipinski definition) is 2. The van der Waals surface area contributed by atoms with Crippen molar-refractivity contribution in [2.75, 3.05) is 7.11 Å². The van der Waals surface area contributed by atoms with E-state index in [1.807, 2.05) is 6.92 Å². The molecule has 0 aromatic heterocycles. The fraction of sp³-hybridized carbons (Fsp3) is 0.667. The van der Waals surface area contributed by atoms with Gasteiger partial charge in [0.1, 0.15) is 0 Å². The van der Waals surface area contributed by atoms with Crippen LogP contribution >= 0.6 is 0 Å². The van der Waals surface area contributed by atoms with E-state index in [1.54, 1.807) is 7.11 Å². The minimum absolute atomic E-state index is 0.119. The van der Waals surface area contributed by atoms with Crippen molar-refractivity contribution in [2.24, 2.45) is 5.92 Å². The SMILES string of the molecule is C=C(C)C1(OC)C(=O)C(C(C)C)=C1CCCC. The Morgan fingerprint density at radius 1 is 1.47 bits per heavy atom. The van der Waals surface area contributed by atoms with Gasteiger partial charge in [0, 0.05) is 12.7 Å². The number of carbonyl (C=O) groups excluding carboxylic acids is 1. The first-order valence-corrected chi connectivity index (χ1v) is 6.42. The molecule has 2 heteroatoms. The Labute approximate surface area is 105 Å². The molecule has 0 saturated heterocycles. The zero-order chi connectivity index (χ0) is 13.2. The fourth-order valence-electron chi connectivity index (χ4n) is 2.71. The molecule has 1 atom stereocenters. The van der Waals surface area contributed by atoms with E-state index in [-0.39, 0.29) is 11.7 Å². The maximum Gasteiger partial charge on any atom is 0.199 e. The number of rotatable bonds is 6. The third-order valence-corrected chi connectivity index (χ3v) is 3.58. The van der Waals surface area contributed by atoms with E-state index in [0.717, 1.165) is 36.0 Å². The van der Waals surface area contributed by atoms with Crippen LogP contribution in [0.1, 0.15) is 47.0 Å². The Morgan fingerprint density at radius 3 is 2.41 bits per heavy atom. The summed E-state index contributed by atoms with van der Waals surface area (Å²) in [7, 11) is 1.61. The predicted octanol–water partition coefficient (Wildman–Crippen LogP) is 3.67. The first-order chi connectivity index (χ1) is 7.93. The molecule has 0 saturated carbocycles. The highest BCUT2D eigenvalue weighted by molar-refractivity contribution is 6.15. The lowest BCUT2D eigenvalue weighted by molar-refractivity contribution is -0.134. The van der Waals surface area contributed by atoms with Crippen molar-refractivity contribution in [3.05, 3.63) is 23.3 Å². The number of unbranched alkanes of at least 4 members (excludes halogenated alkanes) is 1. The monoisotopic (exact) mass is 236 g/mol. The lowest BCUT2D eigenvalue weighted by Gasteiger charge is -2.45. The number of carbonyl (C=O) groups is 1. The molecule has 2 nitrogen and oxygen atoms in total. The van der Waals surface area contributed by atoms with Crippen LogP contribution in [0.4, 0.5) is 0 Å². The van der Waals surface area contributed by atoms with Gasteiger partial charge in [0.15, 0.2) is 11.4 Å². The van der Waals surface area contributed by atoms with Crippen LogP contribution in [0.5, 0.6) is 0 Å². The second-order valence-electron chi connectivity index (χ2n) is 5.15. The lowest BCUT2D eigenvalue weighted by Crippen LogP contribution is -2.54. The molecule has 1 aliphatic carbocycles. The highest BCUT2D eigenvalue weighted by Gasteiger charge is 2.54. The van der Waals surface area contributed by atoms with Crippen molar-refractivity contribution in [3.8, 4) is 0 Å². The minimum Gasteiger partial charge on any atom is -0.361 e. The van der Waals surface area contributed by atoms with Crippen molar-refractivity contribution in [1.82, 2.24) is 0 Å². The maximum atomic E-state index is 12.3. The van der Waals surface area contributed by atoms with Crippen LogP contribution in [-0.4, -0.2) is 18.5 Å². The molecule has 0 N–H and O–H groups in total. The van der Waals surface area contributed by atoms with E-state index in [1.165, 1.54) is 0 Å². The van der Waals surface area contributed by atoms with Gasteiger partial charge in [-0.15, -0.1) is 0 Å². The molecule has 0 fully saturated rings. The summed E-state index contributed by atoms with van der Waals surface area (Å²) in [5, 5.41) is 0. The Kier molecular flexibility index (Phi) is 4.31. The normalized spacial score (nSPS) is 24.2. The van der Waals surface area contributed by atoms with Crippen LogP contribution < -0.4 is 0 Å². The van der Waals surface area contributed by atoms with E-state index in [4.69, 9.17) is 4.74 Å². The van der Waals surface area contributed by atoms with Crippen LogP contribution in [0.3, 0.4) is 0 Å². The molecule has 17 heavy (non-hydrogen) atoms. The summed E-state index contributed by atoms with van der Waals surface area (Å²) in [5.41, 5.74) is 2.12. The summed E-state index contributed by atoms with van der Waals surface area (Å²) in [4.78, 5) is 12.3. The minimum atomic E-state index is -0.811. The van der Waals surface area contributed by atoms with Gasteiger partial charge in [-0.25, -0.2) is 0 Å². The Hall–Kier alpha value is -0.890. The number of Topliss-reactive ketones (excluding diaryl/α,β-unsaturated/α-hetero) is 1. The second kappa shape index (κ2) is 5.18. The standard InChI is InChI=1S/C15H24O2/c1-7-8-9-12-13(10(2)3)14(16)15(12,17-6)11(4)5/h10H,4,7-9H2,1-3,5-6H3. The highest BCUT2D eigenvalue weighted by atomic mass is 16.5. The molecule has 96 valence electrons. The summed E-state index contributed by atoms with van der Waals surface area (Å²) in [6.07, 6.45) is 3.16. The van der Waals surface area contributed by atoms with Gasteiger partial charge in [0.05, 0.1) is 0 Å². The Balaban J connectivity index is 3.18. The predicted molar refractivity (Wildman–Crippen MR) is 71.0 cm³/mol. The molecule has 0 aromatic rings. The Morgan fingerprint density at radius 2 is 2.06 bits per heavy atom. The van der Waals surface area contributed by atoms with Crippen molar-refractivity contribution in [2.45, 2.75) is 52.6 Å². The quantitative estimate of drug-likeness (QED) is 0.658. The molecule has 0 aromatic carbocycles. The molecule has 0 amide bonds. The highest BCUT2D eigenvalue weighted by Crippen LogP contribution is 2.47. The summed E-state index contributed by atoms with van der Waals surface area (Å²) in [6, 6.07) is 0. The van der Waals surface area contributed by atoms with Crippen molar-refractivity contribution in [1.29, 1.82) is 0 Å². The second-order valence-corrected chi connectivity index (χ2v) is 5.15. The van der Waals surface area contributed by atoms with E-state index in [9.17, 15) is 4.79 Å². The van der Waals surface area contributed by atoms with Gasteiger partial charge in [-0.05, 0) is 36.8 Å². The van der Waals surface area contributed by atoms with Crippen LogP contribution in [0.15, 0.2) is 23.3 Å². The van der Waals surface area contributed by atoms with Crippen LogP contribution in [0.2, 0.25) is 0 Å². The van der Waals surface area contributed by atoms with Gasteiger partial charge in [-0.3, -0.25) is 4.79 Å². The molecule has 1 aliphatic rings. The molecule has 0 spiro atoms. The number of hydrogen-bond donors (Lipinski definition) is 0. The Bertz CT molecular complexity index is 363. The molecule has 0 radical (unpaired) electrons. The molecule has 1 unspecified atom stereocenters. The molecule has 1 rings (SSSR count). The van der Waals surface area contributed by atoms with Gasteiger partial charge in [0.25, 0.3) is 0 Å². The third kappa shape index (κ3) is 1.99. The maximum absolute atomic E-state index is 12.3. The first kappa shape index (κ1) is 14.2. The molecule has 0 heterocycles. The average Bonchev–Trinajstić information content (AvgIpc) is 2.23. The van der Waals surface area contributed by atoms with Gasteiger partial charge >= 0.3 is 0 Å². The van der Waals surface area contributed by atoms with Gasteiger partial charge in [-0.1, -0.05) is 33.8 Å². The first-order valence-electron chi connectivity index (χ1n) is 6.42. The summed E-state index contributed by atoms with van der Waals surface area (Å²) in [5.74, 6) is 0.394. The number of ketones is 1. The number of ether oxygens (including phenoxy) is 1. The summed E-state index contributed by atoms with van der Waals surface area (Å²) >= 11 is 0. The third-order valence-electron chi connectivity index (χ3n) is 3.58. The van der Waals surface area contributed by atoms with E-state index in [2.05, 4.69) is 27.4 Å². The van der Waals surface area contributed by atoms with Gasteiger partial charge < -0.3 is 4.74 Å². The fourth-order valence-corrected chi connectivity index (χ4v) is 2.71. The molecular formula is C15H24O2. The lowest BCUT2D eigenvalue weighted by atomic mass is 9.63. The van der Waals surface area contributed by atoms with Crippen LogP contribution in [0, 0.1) is 5.92 Å². The molecule has 0 aliphatic heterocycles. The van der Waals surface area contributed by atoms with Crippen molar-refractivity contribution >= 4 is 5.78 Å².